The molecule has 4 rings (SSSR count). The SMILES string of the molecule is COc1cccc(OC)c1-n1c(COC(C)(C)C)nc(O)c(C(=O)N2CCC(c3ccccc3F)C2)c1=O. The third kappa shape index (κ3) is 5.35. The van der Waals surface area contributed by atoms with Gasteiger partial charge in [0.05, 0.1) is 19.8 Å². The van der Waals surface area contributed by atoms with Gasteiger partial charge >= 0.3 is 0 Å². The van der Waals surface area contributed by atoms with E-state index in [1.165, 1.54) is 29.8 Å². The number of nitrogens with zero attached hydrogens (tertiary/aromatic N) is 3. The van der Waals surface area contributed by atoms with Crippen molar-refractivity contribution in [2.24, 2.45) is 0 Å². The molecule has 0 aliphatic carbocycles. The molecule has 10 heteroatoms. The first kappa shape index (κ1) is 27.1. The lowest BCUT2D eigenvalue weighted by Crippen LogP contribution is -2.37. The van der Waals surface area contributed by atoms with Crippen molar-refractivity contribution in [1.29, 1.82) is 0 Å². The van der Waals surface area contributed by atoms with Gasteiger partial charge in [0.15, 0.2) is 5.56 Å². The molecule has 3 aromatic rings. The molecule has 202 valence electrons. The van der Waals surface area contributed by atoms with Gasteiger partial charge < -0.3 is 24.2 Å². The molecule has 1 aliphatic heterocycles. The molecule has 0 bridgehead atoms. The first-order valence-electron chi connectivity index (χ1n) is 12.3. The summed E-state index contributed by atoms with van der Waals surface area (Å²) >= 11 is 0. The second-order valence-electron chi connectivity index (χ2n) is 10.0. The number of amides is 1. The quantitative estimate of drug-likeness (QED) is 0.497. The largest absolute Gasteiger partial charge is 0.494 e. The highest BCUT2D eigenvalue weighted by Gasteiger charge is 2.34. The summed E-state index contributed by atoms with van der Waals surface area (Å²) in [5.41, 5.74) is -1.13. The highest BCUT2D eigenvalue weighted by molar-refractivity contribution is 5.96. The van der Waals surface area contributed by atoms with E-state index in [-0.39, 0.29) is 36.4 Å². The van der Waals surface area contributed by atoms with Crippen molar-refractivity contribution in [3.05, 3.63) is 75.6 Å². The summed E-state index contributed by atoms with van der Waals surface area (Å²) in [6, 6.07) is 11.4. The Bertz CT molecular complexity index is 1380. The molecule has 1 aromatic heterocycles. The van der Waals surface area contributed by atoms with Crippen LogP contribution in [-0.4, -0.2) is 58.4 Å². The normalized spacial score (nSPS) is 15.5. The summed E-state index contributed by atoms with van der Waals surface area (Å²) in [4.78, 5) is 33.2. The molecule has 1 fully saturated rings. The molecule has 1 amide bonds. The van der Waals surface area contributed by atoms with Crippen molar-refractivity contribution < 1.29 is 28.5 Å². The zero-order valence-corrected chi connectivity index (χ0v) is 22.2. The lowest BCUT2D eigenvalue weighted by molar-refractivity contribution is -0.0193. The highest BCUT2D eigenvalue weighted by Crippen LogP contribution is 2.34. The number of para-hydroxylation sites is 1. The van der Waals surface area contributed by atoms with Gasteiger partial charge in [-0.2, -0.15) is 4.98 Å². The lowest BCUT2D eigenvalue weighted by atomic mass is 9.98. The maximum atomic E-state index is 14.4. The summed E-state index contributed by atoms with van der Waals surface area (Å²) < 4.78 is 32.4. The first-order valence-corrected chi connectivity index (χ1v) is 12.3. The van der Waals surface area contributed by atoms with E-state index in [9.17, 15) is 19.1 Å². The molecular weight excluding hydrogens is 493 g/mol. The van der Waals surface area contributed by atoms with Crippen LogP contribution in [0.4, 0.5) is 4.39 Å². The maximum absolute atomic E-state index is 14.4. The highest BCUT2D eigenvalue weighted by atomic mass is 19.1. The predicted octanol–water partition coefficient (Wildman–Crippen LogP) is 4.04. The molecule has 1 unspecified atom stereocenters. The van der Waals surface area contributed by atoms with Gasteiger partial charge in [-0.05, 0) is 51.0 Å². The number of carbonyl (C=O) groups excluding carboxylic acids is 1. The second-order valence-corrected chi connectivity index (χ2v) is 10.0. The minimum atomic E-state index is -0.799. The van der Waals surface area contributed by atoms with E-state index in [1.54, 1.807) is 36.4 Å². The van der Waals surface area contributed by atoms with Crippen molar-refractivity contribution in [2.75, 3.05) is 27.3 Å². The molecule has 1 atom stereocenters. The Balaban J connectivity index is 1.81. The van der Waals surface area contributed by atoms with Crippen LogP contribution in [0.5, 0.6) is 17.4 Å². The van der Waals surface area contributed by atoms with E-state index in [4.69, 9.17) is 14.2 Å². The number of benzene rings is 2. The average Bonchev–Trinajstić information content (AvgIpc) is 3.37. The Morgan fingerprint density at radius 1 is 1.11 bits per heavy atom. The number of halogens is 1. The second kappa shape index (κ2) is 10.8. The Morgan fingerprint density at radius 3 is 2.37 bits per heavy atom. The third-order valence-electron chi connectivity index (χ3n) is 6.43. The van der Waals surface area contributed by atoms with Gasteiger partial charge in [0.2, 0.25) is 5.88 Å². The van der Waals surface area contributed by atoms with E-state index in [0.29, 0.717) is 30.0 Å². The topological polar surface area (TPSA) is 103 Å². The fraction of sp³-hybridized carbons (Fsp3) is 0.393. The van der Waals surface area contributed by atoms with Crippen LogP contribution in [0.15, 0.2) is 47.3 Å². The molecule has 0 saturated carbocycles. The molecule has 1 aliphatic rings. The van der Waals surface area contributed by atoms with Crippen LogP contribution in [0.1, 0.15) is 54.9 Å². The molecule has 1 N–H and O–H groups in total. The number of likely N-dealkylation sites (tertiary alicyclic amines) is 1. The van der Waals surface area contributed by atoms with Gasteiger partial charge in [0.1, 0.15) is 35.4 Å². The number of hydrogen-bond donors (Lipinski definition) is 1. The summed E-state index contributed by atoms with van der Waals surface area (Å²) in [6.45, 7) is 5.89. The number of hydrogen-bond acceptors (Lipinski definition) is 7. The van der Waals surface area contributed by atoms with E-state index in [0.717, 1.165) is 0 Å². The Kier molecular flexibility index (Phi) is 7.73. The van der Waals surface area contributed by atoms with Gasteiger partial charge in [0.25, 0.3) is 11.5 Å². The van der Waals surface area contributed by atoms with E-state index < -0.39 is 28.5 Å². The molecule has 2 aromatic carbocycles. The lowest BCUT2D eigenvalue weighted by Gasteiger charge is -2.23. The number of ether oxygens (including phenoxy) is 3. The van der Waals surface area contributed by atoms with Crippen LogP contribution in [0.2, 0.25) is 0 Å². The Morgan fingerprint density at radius 2 is 1.76 bits per heavy atom. The average molecular weight is 526 g/mol. The van der Waals surface area contributed by atoms with E-state index >= 15 is 0 Å². The van der Waals surface area contributed by atoms with Crippen LogP contribution < -0.4 is 15.0 Å². The van der Waals surface area contributed by atoms with Crippen LogP contribution in [-0.2, 0) is 11.3 Å². The van der Waals surface area contributed by atoms with Gasteiger partial charge in [-0.1, -0.05) is 24.3 Å². The molecule has 9 nitrogen and oxygen atoms in total. The third-order valence-corrected chi connectivity index (χ3v) is 6.43. The van der Waals surface area contributed by atoms with Crippen molar-refractivity contribution in [3.8, 4) is 23.1 Å². The van der Waals surface area contributed by atoms with Gasteiger partial charge in [0, 0.05) is 19.0 Å². The standard InChI is InChI=1S/C28H32FN3O6/c1-28(2,3)38-16-22-30-25(33)23(27(35)32(22)24-20(36-4)11-8-12-21(24)37-5)26(34)31-14-13-17(15-31)18-9-6-7-10-19(18)29/h6-12,17,33H,13-16H2,1-5H3. The summed E-state index contributed by atoms with van der Waals surface area (Å²) in [6.07, 6.45) is 0.521. The zero-order valence-electron chi connectivity index (χ0n) is 22.2. The van der Waals surface area contributed by atoms with E-state index in [2.05, 4.69) is 4.98 Å². The first-order chi connectivity index (χ1) is 18.1. The number of methoxy groups -OCH3 is 2. The molecule has 38 heavy (non-hydrogen) atoms. The number of aromatic hydroxyl groups is 1. The fourth-order valence-corrected chi connectivity index (χ4v) is 4.56. The fourth-order valence-electron chi connectivity index (χ4n) is 4.56. The van der Waals surface area contributed by atoms with Gasteiger partial charge in [-0.15, -0.1) is 0 Å². The predicted molar refractivity (Wildman–Crippen MR) is 139 cm³/mol. The monoisotopic (exact) mass is 525 g/mol. The van der Waals surface area contributed by atoms with Crippen molar-refractivity contribution in [3.63, 3.8) is 0 Å². The molecular formula is C28H32FN3O6. The zero-order chi connectivity index (χ0) is 27.6. The number of rotatable bonds is 7. The molecule has 0 radical (unpaired) electrons. The minimum absolute atomic E-state index is 0.0624. The smallest absolute Gasteiger partial charge is 0.275 e. The molecule has 1 saturated heterocycles. The van der Waals surface area contributed by atoms with Crippen LogP contribution in [0, 0.1) is 5.82 Å². The summed E-state index contributed by atoms with van der Waals surface area (Å²) in [7, 11) is 2.89. The van der Waals surface area contributed by atoms with Crippen molar-refractivity contribution >= 4 is 5.91 Å². The molecule has 2 heterocycles. The van der Waals surface area contributed by atoms with Crippen molar-refractivity contribution in [1.82, 2.24) is 14.5 Å². The number of carbonyl (C=O) groups is 1. The van der Waals surface area contributed by atoms with Crippen LogP contribution in [0.3, 0.4) is 0 Å². The molecule has 0 spiro atoms. The van der Waals surface area contributed by atoms with Crippen molar-refractivity contribution in [2.45, 2.75) is 45.3 Å². The minimum Gasteiger partial charge on any atom is -0.494 e. The Hall–Kier alpha value is -3.92. The number of aromatic nitrogens is 2. The summed E-state index contributed by atoms with van der Waals surface area (Å²) in [5.74, 6) is -1.30. The Labute approximate surface area is 220 Å². The van der Waals surface area contributed by atoms with Gasteiger partial charge in [-0.3, -0.25) is 14.2 Å². The van der Waals surface area contributed by atoms with Crippen LogP contribution in [0.25, 0.3) is 5.69 Å². The van der Waals surface area contributed by atoms with Crippen LogP contribution >= 0.6 is 0 Å². The van der Waals surface area contributed by atoms with E-state index in [1.807, 2.05) is 20.8 Å². The van der Waals surface area contributed by atoms with Gasteiger partial charge in [-0.25, -0.2) is 4.39 Å². The summed E-state index contributed by atoms with van der Waals surface area (Å²) in [5, 5.41) is 10.8. The maximum Gasteiger partial charge on any atom is 0.275 e.